The standard InChI is InChI=1S/C20H27ClN2O2/c1-14-10-12-23(13-11-14)20(25)16-4-2-15(3-5-16)19(24)22-18-8-6-17(21)7-9-18/h6-9,14-16H,2-5,10-13H2,1H3,(H,22,24). The van der Waals surface area contributed by atoms with Crippen LogP contribution in [0.15, 0.2) is 24.3 Å². The summed E-state index contributed by atoms with van der Waals surface area (Å²) in [4.78, 5) is 27.1. The molecule has 5 heteroatoms. The zero-order chi connectivity index (χ0) is 17.8. The first kappa shape index (κ1) is 18.2. The Labute approximate surface area is 154 Å². The molecule has 4 nitrogen and oxygen atoms in total. The first-order chi connectivity index (χ1) is 12.0. The molecular formula is C20H27ClN2O2. The van der Waals surface area contributed by atoms with Gasteiger partial charge in [0.05, 0.1) is 0 Å². The minimum atomic E-state index is 0.00102. The van der Waals surface area contributed by atoms with E-state index in [9.17, 15) is 9.59 Å². The van der Waals surface area contributed by atoms with Crippen molar-refractivity contribution in [1.29, 1.82) is 0 Å². The lowest BCUT2D eigenvalue weighted by Gasteiger charge is -2.35. The van der Waals surface area contributed by atoms with E-state index in [0.29, 0.717) is 10.9 Å². The van der Waals surface area contributed by atoms with Crippen LogP contribution in [-0.4, -0.2) is 29.8 Å². The summed E-state index contributed by atoms with van der Waals surface area (Å²) >= 11 is 5.87. The molecule has 0 atom stereocenters. The summed E-state index contributed by atoms with van der Waals surface area (Å²) in [6, 6.07) is 7.16. The number of anilines is 1. The van der Waals surface area contributed by atoms with Gasteiger partial charge in [0.2, 0.25) is 11.8 Å². The van der Waals surface area contributed by atoms with Gasteiger partial charge in [-0.1, -0.05) is 18.5 Å². The fourth-order valence-electron chi connectivity index (χ4n) is 3.87. The molecule has 2 amide bonds. The van der Waals surface area contributed by atoms with Gasteiger partial charge in [0.25, 0.3) is 0 Å². The molecule has 0 radical (unpaired) electrons. The van der Waals surface area contributed by atoms with E-state index >= 15 is 0 Å². The predicted octanol–water partition coefficient (Wildman–Crippen LogP) is 4.34. The monoisotopic (exact) mass is 362 g/mol. The van der Waals surface area contributed by atoms with Gasteiger partial charge in [0.1, 0.15) is 0 Å². The van der Waals surface area contributed by atoms with Crippen molar-refractivity contribution in [2.75, 3.05) is 18.4 Å². The number of amides is 2. The molecule has 1 N–H and O–H groups in total. The van der Waals surface area contributed by atoms with Crippen LogP contribution < -0.4 is 5.32 Å². The highest BCUT2D eigenvalue weighted by atomic mass is 35.5. The smallest absolute Gasteiger partial charge is 0.227 e. The minimum absolute atomic E-state index is 0.00102. The molecule has 0 bridgehead atoms. The lowest BCUT2D eigenvalue weighted by Crippen LogP contribution is -2.42. The third-order valence-electron chi connectivity index (χ3n) is 5.65. The molecule has 1 saturated heterocycles. The molecule has 0 spiro atoms. The molecule has 3 rings (SSSR count). The average Bonchev–Trinajstić information content (AvgIpc) is 2.64. The summed E-state index contributed by atoms with van der Waals surface area (Å²) in [5.41, 5.74) is 0.773. The van der Waals surface area contributed by atoms with E-state index in [2.05, 4.69) is 12.2 Å². The maximum Gasteiger partial charge on any atom is 0.227 e. The van der Waals surface area contributed by atoms with Crippen molar-refractivity contribution in [2.45, 2.75) is 45.4 Å². The highest BCUT2D eigenvalue weighted by Crippen LogP contribution is 2.32. The number of nitrogens with zero attached hydrogens (tertiary/aromatic N) is 1. The highest BCUT2D eigenvalue weighted by molar-refractivity contribution is 6.30. The maximum atomic E-state index is 12.7. The number of carbonyl (C=O) groups excluding carboxylic acids is 2. The van der Waals surface area contributed by atoms with Crippen molar-refractivity contribution in [3.63, 3.8) is 0 Å². The molecule has 25 heavy (non-hydrogen) atoms. The molecule has 1 aliphatic heterocycles. The van der Waals surface area contributed by atoms with Crippen molar-refractivity contribution < 1.29 is 9.59 Å². The van der Waals surface area contributed by atoms with Gasteiger partial charge in [-0.2, -0.15) is 0 Å². The van der Waals surface area contributed by atoms with Crippen molar-refractivity contribution >= 4 is 29.1 Å². The van der Waals surface area contributed by atoms with Crippen LogP contribution in [0.2, 0.25) is 5.02 Å². The third kappa shape index (κ3) is 4.75. The summed E-state index contributed by atoms with van der Waals surface area (Å²) in [7, 11) is 0. The zero-order valence-corrected chi connectivity index (χ0v) is 15.6. The van der Waals surface area contributed by atoms with Crippen molar-refractivity contribution in [2.24, 2.45) is 17.8 Å². The lowest BCUT2D eigenvalue weighted by molar-refractivity contribution is -0.139. The highest BCUT2D eigenvalue weighted by Gasteiger charge is 2.33. The van der Waals surface area contributed by atoms with E-state index in [1.54, 1.807) is 12.1 Å². The Morgan fingerprint density at radius 1 is 0.960 bits per heavy atom. The second kappa shape index (κ2) is 8.22. The Kier molecular flexibility index (Phi) is 6.00. The summed E-state index contributed by atoms with van der Waals surface area (Å²) in [6.45, 7) is 4.06. The number of halogens is 1. The maximum absolute atomic E-state index is 12.7. The SMILES string of the molecule is CC1CCN(C(=O)C2CCC(C(=O)Nc3ccc(Cl)cc3)CC2)CC1. The van der Waals surface area contributed by atoms with Crippen LogP contribution in [0.1, 0.15) is 45.4 Å². The molecule has 1 saturated carbocycles. The molecular weight excluding hydrogens is 336 g/mol. The van der Waals surface area contributed by atoms with Crippen LogP contribution in [0, 0.1) is 17.8 Å². The number of carbonyl (C=O) groups is 2. The van der Waals surface area contributed by atoms with Gasteiger partial charge >= 0.3 is 0 Å². The van der Waals surface area contributed by atoms with Gasteiger partial charge < -0.3 is 10.2 Å². The van der Waals surface area contributed by atoms with Crippen molar-refractivity contribution in [3.8, 4) is 0 Å². The van der Waals surface area contributed by atoms with Crippen LogP contribution >= 0.6 is 11.6 Å². The van der Waals surface area contributed by atoms with Crippen molar-refractivity contribution in [1.82, 2.24) is 4.90 Å². The van der Waals surface area contributed by atoms with E-state index in [1.165, 1.54) is 0 Å². The summed E-state index contributed by atoms with van der Waals surface area (Å²) in [5.74, 6) is 1.20. The first-order valence-electron chi connectivity index (χ1n) is 9.38. The number of rotatable bonds is 3. The molecule has 2 aliphatic rings. The van der Waals surface area contributed by atoms with Crippen LogP contribution in [0.3, 0.4) is 0 Å². The summed E-state index contributed by atoms with van der Waals surface area (Å²) in [6.07, 6.45) is 5.46. The average molecular weight is 363 g/mol. The number of piperidine rings is 1. The van der Waals surface area contributed by atoms with Crippen LogP contribution in [-0.2, 0) is 9.59 Å². The third-order valence-corrected chi connectivity index (χ3v) is 5.91. The molecule has 136 valence electrons. The molecule has 1 aliphatic carbocycles. The van der Waals surface area contributed by atoms with E-state index in [0.717, 1.165) is 63.2 Å². The van der Waals surface area contributed by atoms with Gasteiger partial charge in [0, 0.05) is 35.6 Å². The van der Waals surface area contributed by atoms with Crippen LogP contribution in [0.25, 0.3) is 0 Å². The number of likely N-dealkylation sites (tertiary alicyclic amines) is 1. The Morgan fingerprint density at radius 3 is 2.12 bits per heavy atom. The number of hydrogen-bond donors (Lipinski definition) is 1. The molecule has 0 aromatic heterocycles. The van der Waals surface area contributed by atoms with E-state index in [-0.39, 0.29) is 17.7 Å². The summed E-state index contributed by atoms with van der Waals surface area (Å²) in [5, 5.41) is 3.61. The summed E-state index contributed by atoms with van der Waals surface area (Å²) < 4.78 is 0. The van der Waals surface area contributed by atoms with Gasteiger partial charge in [-0.3, -0.25) is 9.59 Å². The fraction of sp³-hybridized carbons (Fsp3) is 0.600. The van der Waals surface area contributed by atoms with E-state index in [1.807, 2.05) is 17.0 Å². The second-order valence-electron chi connectivity index (χ2n) is 7.55. The fourth-order valence-corrected chi connectivity index (χ4v) is 3.99. The van der Waals surface area contributed by atoms with Crippen LogP contribution in [0.5, 0.6) is 0 Å². The van der Waals surface area contributed by atoms with Gasteiger partial charge in [-0.05, 0) is 68.7 Å². The Hall–Kier alpha value is -1.55. The Bertz CT molecular complexity index is 601. The molecule has 2 fully saturated rings. The Morgan fingerprint density at radius 2 is 1.52 bits per heavy atom. The normalized spacial score (nSPS) is 24.8. The number of hydrogen-bond acceptors (Lipinski definition) is 2. The van der Waals surface area contributed by atoms with Crippen LogP contribution in [0.4, 0.5) is 5.69 Å². The van der Waals surface area contributed by atoms with Gasteiger partial charge in [-0.15, -0.1) is 0 Å². The predicted molar refractivity (Wildman–Crippen MR) is 101 cm³/mol. The molecule has 1 aromatic carbocycles. The largest absolute Gasteiger partial charge is 0.342 e. The quantitative estimate of drug-likeness (QED) is 0.869. The molecule has 1 heterocycles. The number of nitrogens with one attached hydrogen (secondary N) is 1. The molecule has 1 aromatic rings. The minimum Gasteiger partial charge on any atom is -0.342 e. The topological polar surface area (TPSA) is 49.4 Å². The first-order valence-corrected chi connectivity index (χ1v) is 9.76. The zero-order valence-electron chi connectivity index (χ0n) is 14.8. The Balaban J connectivity index is 1.47. The lowest BCUT2D eigenvalue weighted by atomic mass is 9.80. The second-order valence-corrected chi connectivity index (χ2v) is 7.99. The van der Waals surface area contributed by atoms with Gasteiger partial charge in [0.15, 0.2) is 0 Å². The molecule has 0 unspecified atom stereocenters. The van der Waals surface area contributed by atoms with Crippen molar-refractivity contribution in [3.05, 3.63) is 29.3 Å². The van der Waals surface area contributed by atoms with E-state index < -0.39 is 0 Å². The number of benzene rings is 1. The van der Waals surface area contributed by atoms with Gasteiger partial charge in [-0.25, -0.2) is 0 Å². The van der Waals surface area contributed by atoms with E-state index in [4.69, 9.17) is 11.6 Å².